The number of carbonyl (C=O) groups excluding carboxylic acids is 2. The quantitative estimate of drug-likeness (QED) is 0.819. The molecule has 0 spiro atoms. The van der Waals surface area contributed by atoms with Gasteiger partial charge in [0.25, 0.3) is 0 Å². The third-order valence-electron chi connectivity index (χ3n) is 2.30. The fraction of sp³-hybridized carbons (Fsp3) is 0.429. The Morgan fingerprint density at radius 1 is 1.42 bits per heavy atom. The van der Waals surface area contributed by atoms with Gasteiger partial charge >= 0.3 is 6.09 Å². The zero-order chi connectivity index (χ0) is 14.5. The van der Waals surface area contributed by atoms with E-state index in [4.69, 9.17) is 4.74 Å². The second kappa shape index (κ2) is 6.22. The minimum Gasteiger partial charge on any atom is -0.507 e. The van der Waals surface area contributed by atoms with Crippen molar-refractivity contribution in [3.63, 3.8) is 0 Å². The molecule has 19 heavy (non-hydrogen) atoms. The molecule has 1 aromatic carbocycles. The lowest BCUT2D eigenvalue weighted by Gasteiger charge is -2.19. The summed E-state index contributed by atoms with van der Waals surface area (Å²) in [7, 11) is 0. The molecule has 0 aliphatic carbocycles. The maximum Gasteiger partial charge on any atom is 0.407 e. The first-order valence-electron chi connectivity index (χ1n) is 6.06. The van der Waals surface area contributed by atoms with Gasteiger partial charge in [-0.3, -0.25) is 4.79 Å². The van der Waals surface area contributed by atoms with Crippen molar-refractivity contribution in [2.75, 3.05) is 6.54 Å². The van der Waals surface area contributed by atoms with E-state index in [1.807, 2.05) is 0 Å². The van der Waals surface area contributed by atoms with Crippen molar-refractivity contribution >= 4 is 12.4 Å². The molecule has 0 fully saturated rings. The van der Waals surface area contributed by atoms with E-state index in [0.29, 0.717) is 19.3 Å². The van der Waals surface area contributed by atoms with Gasteiger partial charge in [0.2, 0.25) is 0 Å². The van der Waals surface area contributed by atoms with Crippen LogP contribution in [0.3, 0.4) is 0 Å². The molecule has 0 atom stereocenters. The lowest BCUT2D eigenvalue weighted by atomic mass is 10.1. The Hall–Kier alpha value is -2.04. The molecule has 0 saturated heterocycles. The Morgan fingerprint density at radius 3 is 2.68 bits per heavy atom. The third-order valence-corrected chi connectivity index (χ3v) is 2.30. The largest absolute Gasteiger partial charge is 0.507 e. The van der Waals surface area contributed by atoms with Crippen molar-refractivity contribution in [2.45, 2.75) is 32.8 Å². The molecule has 0 saturated carbocycles. The summed E-state index contributed by atoms with van der Waals surface area (Å²) in [6, 6.07) is 4.77. The minimum absolute atomic E-state index is 0.0427. The summed E-state index contributed by atoms with van der Waals surface area (Å²) in [5, 5.41) is 12.0. The van der Waals surface area contributed by atoms with Crippen LogP contribution >= 0.6 is 0 Å². The van der Waals surface area contributed by atoms with Gasteiger partial charge in [-0.05, 0) is 44.9 Å². The van der Waals surface area contributed by atoms with Gasteiger partial charge in [0.05, 0.1) is 5.56 Å². The first-order chi connectivity index (χ1) is 8.81. The number of amides is 1. The summed E-state index contributed by atoms with van der Waals surface area (Å²) in [5.41, 5.74) is 0.582. The van der Waals surface area contributed by atoms with Crippen LogP contribution in [-0.4, -0.2) is 29.6 Å². The molecule has 1 amide bonds. The molecule has 0 aliphatic heterocycles. The predicted octanol–water partition coefficient (Wildman–Crippen LogP) is 2.27. The fourth-order valence-electron chi connectivity index (χ4n) is 1.48. The van der Waals surface area contributed by atoms with Gasteiger partial charge < -0.3 is 15.2 Å². The number of carbonyl (C=O) groups is 2. The Balaban J connectivity index is 2.45. The van der Waals surface area contributed by atoms with Gasteiger partial charge in [-0.15, -0.1) is 0 Å². The molecular formula is C14H19NO4. The zero-order valence-electron chi connectivity index (χ0n) is 11.4. The van der Waals surface area contributed by atoms with Crippen molar-refractivity contribution in [3.05, 3.63) is 29.3 Å². The Bertz CT molecular complexity index is 463. The van der Waals surface area contributed by atoms with Crippen LogP contribution in [0.2, 0.25) is 0 Å². The van der Waals surface area contributed by atoms with Crippen LogP contribution in [0.1, 0.15) is 36.7 Å². The van der Waals surface area contributed by atoms with Crippen molar-refractivity contribution in [1.29, 1.82) is 0 Å². The number of phenols is 1. The van der Waals surface area contributed by atoms with Crippen molar-refractivity contribution in [1.82, 2.24) is 5.32 Å². The minimum atomic E-state index is -0.521. The molecule has 0 aromatic heterocycles. The highest BCUT2D eigenvalue weighted by Crippen LogP contribution is 2.16. The van der Waals surface area contributed by atoms with E-state index in [-0.39, 0.29) is 11.3 Å². The second-order valence-corrected chi connectivity index (χ2v) is 5.19. The lowest BCUT2D eigenvalue weighted by molar-refractivity contribution is 0.0528. The van der Waals surface area contributed by atoms with Gasteiger partial charge in [0.15, 0.2) is 6.29 Å². The number of alkyl carbamates (subject to hydrolysis) is 1. The summed E-state index contributed by atoms with van der Waals surface area (Å²) in [6.07, 6.45) is 0.683. The highest BCUT2D eigenvalue weighted by Gasteiger charge is 2.15. The average molecular weight is 265 g/mol. The number of ether oxygens (including phenoxy) is 1. The highest BCUT2D eigenvalue weighted by atomic mass is 16.6. The number of rotatable bonds is 4. The molecule has 5 nitrogen and oxygen atoms in total. The molecule has 2 N–H and O–H groups in total. The van der Waals surface area contributed by atoms with Crippen LogP contribution in [0.15, 0.2) is 18.2 Å². The SMILES string of the molecule is CC(C)(C)OC(=O)NCCc1ccc(O)c(C=O)c1. The maximum absolute atomic E-state index is 11.4. The number of hydrogen-bond acceptors (Lipinski definition) is 4. The molecule has 5 heteroatoms. The predicted molar refractivity (Wildman–Crippen MR) is 71.4 cm³/mol. The smallest absolute Gasteiger partial charge is 0.407 e. The fourth-order valence-corrected chi connectivity index (χ4v) is 1.48. The molecule has 1 rings (SSSR count). The van der Waals surface area contributed by atoms with E-state index < -0.39 is 11.7 Å². The first-order valence-corrected chi connectivity index (χ1v) is 6.06. The molecule has 0 aliphatic rings. The number of phenolic OH excluding ortho intramolecular Hbond substituents is 1. The van der Waals surface area contributed by atoms with Gasteiger partial charge in [-0.2, -0.15) is 0 Å². The van der Waals surface area contributed by atoms with E-state index in [2.05, 4.69) is 5.32 Å². The number of nitrogens with one attached hydrogen (secondary N) is 1. The normalized spacial score (nSPS) is 10.9. The summed E-state index contributed by atoms with van der Waals surface area (Å²) in [6.45, 7) is 5.78. The van der Waals surface area contributed by atoms with Gasteiger partial charge in [-0.1, -0.05) is 6.07 Å². The number of aldehydes is 1. The molecule has 0 bridgehead atoms. The van der Waals surface area contributed by atoms with Crippen LogP contribution in [0.25, 0.3) is 0 Å². The van der Waals surface area contributed by atoms with Crippen LogP contribution in [-0.2, 0) is 11.2 Å². The number of benzene rings is 1. The van der Waals surface area contributed by atoms with Crippen molar-refractivity contribution in [2.24, 2.45) is 0 Å². The van der Waals surface area contributed by atoms with Gasteiger partial charge in [0.1, 0.15) is 11.4 Å². The van der Waals surface area contributed by atoms with E-state index in [0.717, 1.165) is 5.56 Å². The molecular weight excluding hydrogens is 246 g/mol. The average Bonchev–Trinajstić information content (AvgIpc) is 2.29. The van der Waals surface area contributed by atoms with Crippen LogP contribution in [0, 0.1) is 0 Å². The van der Waals surface area contributed by atoms with Gasteiger partial charge in [0, 0.05) is 6.54 Å². The van der Waals surface area contributed by atoms with Crippen LogP contribution < -0.4 is 5.32 Å². The molecule has 0 radical (unpaired) electrons. The second-order valence-electron chi connectivity index (χ2n) is 5.19. The van der Waals surface area contributed by atoms with E-state index >= 15 is 0 Å². The molecule has 104 valence electrons. The number of hydrogen-bond donors (Lipinski definition) is 2. The molecule has 1 aromatic rings. The summed E-state index contributed by atoms with van der Waals surface area (Å²) >= 11 is 0. The maximum atomic E-state index is 11.4. The van der Waals surface area contributed by atoms with E-state index in [9.17, 15) is 14.7 Å². The zero-order valence-corrected chi connectivity index (χ0v) is 11.4. The van der Waals surface area contributed by atoms with E-state index in [1.165, 1.54) is 6.07 Å². The standard InChI is InChI=1S/C14H19NO4/c1-14(2,3)19-13(18)15-7-6-10-4-5-12(17)11(8-10)9-16/h4-5,8-9,17H,6-7H2,1-3H3,(H,15,18). The lowest BCUT2D eigenvalue weighted by Crippen LogP contribution is -2.33. The summed E-state index contributed by atoms with van der Waals surface area (Å²) in [5.74, 6) is -0.0427. The third kappa shape index (κ3) is 5.42. The van der Waals surface area contributed by atoms with E-state index in [1.54, 1.807) is 32.9 Å². The van der Waals surface area contributed by atoms with Gasteiger partial charge in [-0.25, -0.2) is 4.79 Å². The Morgan fingerprint density at radius 2 is 2.11 bits per heavy atom. The Labute approximate surface area is 112 Å². The van der Waals surface area contributed by atoms with Crippen LogP contribution in [0.4, 0.5) is 4.79 Å². The van der Waals surface area contributed by atoms with Crippen molar-refractivity contribution in [3.8, 4) is 5.75 Å². The summed E-state index contributed by atoms with van der Waals surface area (Å²) < 4.78 is 5.09. The first kappa shape index (κ1) is 15.0. The highest BCUT2D eigenvalue weighted by molar-refractivity contribution is 5.79. The van der Waals surface area contributed by atoms with Crippen LogP contribution in [0.5, 0.6) is 5.75 Å². The Kier molecular flexibility index (Phi) is 4.92. The summed E-state index contributed by atoms with van der Waals surface area (Å²) in [4.78, 5) is 22.1. The molecule has 0 unspecified atom stereocenters. The van der Waals surface area contributed by atoms with Crippen molar-refractivity contribution < 1.29 is 19.4 Å². The molecule has 0 heterocycles. The topological polar surface area (TPSA) is 75.6 Å². The monoisotopic (exact) mass is 265 g/mol. The number of aromatic hydroxyl groups is 1.